The first-order valence-electron chi connectivity index (χ1n) is 7.40. The zero-order valence-electron chi connectivity index (χ0n) is 13.1. The fourth-order valence-corrected chi connectivity index (χ4v) is 2.44. The van der Waals surface area contributed by atoms with E-state index in [0.29, 0.717) is 17.3 Å². The molecule has 134 valence electrons. The van der Waals surface area contributed by atoms with Crippen LogP contribution in [0.1, 0.15) is 5.56 Å². The Morgan fingerprint density at radius 3 is 2.54 bits per heavy atom. The number of aromatic nitrogens is 2. The van der Waals surface area contributed by atoms with Gasteiger partial charge in [0.15, 0.2) is 0 Å². The fraction of sp³-hybridized carbons (Fsp3) is 0.0588. The number of carbonyl (C=O) groups is 1. The highest BCUT2D eigenvalue weighted by Crippen LogP contribution is 2.19. The van der Waals surface area contributed by atoms with Crippen molar-refractivity contribution in [2.75, 3.05) is 10.6 Å². The molecule has 2 N–H and O–H groups in total. The van der Waals surface area contributed by atoms with E-state index >= 15 is 0 Å². The Hall–Kier alpha value is -3.00. The number of nitrogens with one attached hydrogen (secondary N) is 2. The molecule has 1 aromatic heterocycles. The number of urea groups is 1. The molecule has 3 aromatic rings. The van der Waals surface area contributed by atoms with E-state index in [2.05, 4.69) is 15.7 Å². The third kappa shape index (κ3) is 4.34. The molecule has 26 heavy (non-hydrogen) atoms. The van der Waals surface area contributed by atoms with Crippen molar-refractivity contribution in [3.05, 3.63) is 76.8 Å². The van der Waals surface area contributed by atoms with Crippen molar-refractivity contribution >= 4 is 29.0 Å². The molecule has 5 nitrogen and oxygen atoms in total. The maximum atomic E-state index is 13.5. The molecule has 1 heterocycles. The van der Waals surface area contributed by atoms with E-state index in [9.17, 15) is 18.0 Å². The first kappa shape index (κ1) is 17.8. The molecule has 0 fully saturated rings. The van der Waals surface area contributed by atoms with Crippen LogP contribution in [0.25, 0.3) is 0 Å². The average Bonchev–Trinajstić information content (AvgIpc) is 3.00. The number of benzene rings is 2. The summed E-state index contributed by atoms with van der Waals surface area (Å²) >= 11 is 5.96. The Balaban J connectivity index is 1.63. The van der Waals surface area contributed by atoms with Crippen molar-refractivity contribution in [2.45, 2.75) is 6.54 Å². The van der Waals surface area contributed by atoms with E-state index in [1.807, 2.05) is 0 Å². The van der Waals surface area contributed by atoms with E-state index in [1.54, 1.807) is 0 Å². The van der Waals surface area contributed by atoms with Gasteiger partial charge in [0.25, 0.3) is 0 Å². The van der Waals surface area contributed by atoms with Gasteiger partial charge in [0, 0.05) is 17.3 Å². The molecule has 0 unspecified atom stereocenters. The third-order valence-electron chi connectivity index (χ3n) is 3.42. The first-order valence-corrected chi connectivity index (χ1v) is 7.78. The van der Waals surface area contributed by atoms with Crippen LogP contribution in [0.2, 0.25) is 5.02 Å². The lowest BCUT2D eigenvalue weighted by Crippen LogP contribution is -2.19. The lowest BCUT2D eigenvalue weighted by Gasteiger charge is -2.07. The summed E-state index contributed by atoms with van der Waals surface area (Å²) in [5, 5.41) is 9.07. The van der Waals surface area contributed by atoms with Gasteiger partial charge < -0.3 is 10.6 Å². The number of amides is 2. The third-order valence-corrected chi connectivity index (χ3v) is 3.77. The topological polar surface area (TPSA) is 59.0 Å². The van der Waals surface area contributed by atoms with Gasteiger partial charge >= 0.3 is 6.03 Å². The van der Waals surface area contributed by atoms with Crippen molar-refractivity contribution in [1.29, 1.82) is 0 Å². The number of halogens is 4. The molecule has 0 aliphatic carbocycles. The van der Waals surface area contributed by atoms with E-state index in [0.717, 1.165) is 12.1 Å². The summed E-state index contributed by atoms with van der Waals surface area (Å²) < 4.78 is 40.9. The van der Waals surface area contributed by atoms with Crippen molar-refractivity contribution in [1.82, 2.24) is 9.78 Å². The number of hydrogen-bond acceptors (Lipinski definition) is 2. The molecule has 9 heteroatoms. The molecular formula is C17H12ClF3N4O. The predicted molar refractivity (Wildman–Crippen MR) is 91.7 cm³/mol. The van der Waals surface area contributed by atoms with Crippen LogP contribution >= 0.6 is 11.6 Å². The quantitative estimate of drug-likeness (QED) is 0.692. The molecule has 2 amide bonds. The van der Waals surface area contributed by atoms with Gasteiger partial charge in [-0.2, -0.15) is 5.10 Å². The van der Waals surface area contributed by atoms with Gasteiger partial charge in [-0.25, -0.2) is 18.0 Å². The van der Waals surface area contributed by atoms with Gasteiger partial charge in [0.1, 0.15) is 17.5 Å². The van der Waals surface area contributed by atoms with Crippen LogP contribution in [0.4, 0.5) is 29.3 Å². The number of rotatable bonds is 4. The minimum atomic E-state index is -0.887. The van der Waals surface area contributed by atoms with Gasteiger partial charge in [-0.05, 0) is 29.8 Å². The van der Waals surface area contributed by atoms with Crippen molar-refractivity contribution in [3.8, 4) is 0 Å². The molecule has 0 aliphatic rings. The number of nitrogens with zero attached hydrogens (tertiary/aromatic N) is 2. The summed E-state index contributed by atoms with van der Waals surface area (Å²) in [5.74, 6) is -2.07. The highest BCUT2D eigenvalue weighted by molar-refractivity contribution is 6.31. The molecule has 0 spiro atoms. The maximum absolute atomic E-state index is 13.5. The second-order valence-corrected chi connectivity index (χ2v) is 5.77. The predicted octanol–water partition coefficient (Wildman–Crippen LogP) is 4.65. The van der Waals surface area contributed by atoms with Crippen LogP contribution in [0, 0.1) is 17.5 Å². The highest BCUT2D eigenvalue weighted by atomic mass is 35.5. The largest absolute Gasteiger partial charge is 0.323 e. The molecule has 0 saturated carbocycles. The molecule has 2 aromatic carbocycles. The molecule has 3 rings (SSSR count). The number of hydrogen-bond donors (Lipinski definition) is 2. The summed E-state index contributed by atoms with van der Waals surface area (Å²) in [6.45, 7) is 0.273. The second-order valence-electron chi connectivity index (χ2n) is 5.37. The Morgan fingerprint density at radius 1 is 1.08 bits per heavy atom. The Labute approximate surface area is 151 Å². The van der Waals surface area contributed by atoms with Crippen LogP contribution in [0.15, 0.2) is 48.8 Å². The lowest BCUT2D eigenvalue weighted by molar-refractivity contribution is 0.262. The van der Waals surface area contributed by atoms with Crippen molar-refractivity contribution in [2.24, 2.45) is 0 Å². The SMILES string of the molecule is O=C(Nc1cnn(Cc2ccc(F)cc2Cl)c1)Nc1ccc(F)cc1F. The molecule has 0 bridgehead atoms. The maximum Gasteiger partial charge on any atom is 0.323 e. The smallest absolute Gasteiger partial charge is 0.305 e. The second kappa shape index (κ2) is 7.49. The molecule has 0 atom stereocenters. The van der Waals surface area contributed by atoms with Gasteiger partial charge in [0.2, 0.25) is 0 Å². The normalized spacial score (nSPS) is 10.6. The summed E-state index contributed by atoms with van der Waals surface area (Å²) in [5.41, 5.74) is 0.846. The van der Waals surface area contributed by atoms with Crippen molar-refractivity contribution < 1.29 is 18.0 Å². The van der Waals surface area contributed by atoms with E-state index in [-0.39, 0.29) is 17.3 Å². The van der Waals surface area contributed by atoms with Crippen LogP contribution < -0.4 is 10.6 Å². The van der Waals surface area contributed by atoms with Crippen LogP contribution in [0.5, 0.6) is 0 Å². The molecule has 0 saturated heterocycles. The van der Waals surface area contributed by atoms with E-state index in [4.69, 9.17) is 11.6 Å². The summed E-state index contributed by atoms with van der Waals surface area (Å²) in [7, 11) is 0. The molecule has 0 aliphatic heterocycles. The molecular weight excluding hydrogens is 369 g/mol. The molecule has 0 radical (unpaired) electrons. The van der Waals surface area contributed by atoms with Gasteiger partial charge in [-0.3, -0.25) is 4.68 Å². The standard InChI is InChI=1S/C17H12ClF3N4O/c18-14-5-11(19)2-1-10(14)8-25-9-13(7-22-25)23-17(26)24-16-4-3-12(20)6-15(16)21/h1-7,9H,8H2,(H2,23,24,26). The number of anilines is 2. The van der Waals surface area contributed by atoms with E-state index < -0.39 is 23.5 Å². The summed E-state index contributed by atoms with van der Waals surface area (Å²) in [6.07, 6.45) is 2.91. The zero-order chi connectivity index (χ0) is 18.7. The van der Waals surface area contributed by atoms with Crippen molar-refractivity contribution in [3.63, 3.8) is 0 Å². The monoisotopic (exact) mass is 380 g/mol. The zero-order valence-corrected chi connectivity index (χ0v) is 13.9. The van der Waals surface area contributed by atoms with Crippen LogP contribution in [0.3, 0.4) is 0 Å². The van der Waals surface area contributed by atoms with Crippen LogP contribution in [-0.2, 0) is 6.54 Å². The van der Waals surface area contributed by atoms with Crippen LogP contribution in [-0.4, -0.2) is 15.8 Å². The summed E-state index contributed by atoms with van der Waals surface area (Å²) in [6, 6.07) is 6.12. The van der Waals surface area contributed by atoms with E-state index in [1.165, 1.54) is 35.3 Å². The lowest BCUT2D eigenvalue weighted by atomic mass is 10.2. The minimum absolute atomic E-state index is 0.158. The average molecular weight is 381 g/mol. The van der Waals surface area contributed by atoms with Gasteiger partial charge in [-0.15, -0.1) is 0 Å². The minimum Gasteiger partial charge on any atom is -0.305 e. The number of carbonyl (C=O) groups excluding carboxylic acids is 1. The Morgan fingerprint density at radius 2 is 1.81 bits per heavy atom. The first-order chi connectivity index (χ1) is 12.4. The van der Waals surface area contributed by atoms with Gasteiger partial charge in [0.05, 0.1) is 24.1 Å². The van der Waals surface area contributed by atoms with Gasteiger partial charge in [-0.1, -0.05) is 17.7 Å². The highest BCUT2D eigenvalue weighted by Gasteiger charge is 2.10. The Kier molecular flexibility index (Phi) is 5.13. The Bertz CT molecular complexity index is 961. The summed E-state index contributed by atoms with van der Waals surface area (Å²) in [4.78, 5) is 11.9. The fourth-order valence-electron chi connectivity index (χ4n) is 2.21.